The molecular weight excluding hydrogens is 288 g/mol. The van der Waals surface area contributed by atoms with Crippen LogP contribution in [-0.2, 0) is 6.42 Å². The summed E-state index contributed by atoms with van der Waals surface area (Å²) in [7, 11) is 1.87. The summed E-state index contributed by atoms with van der Waals surface area (Å²) in [6, 6.07) is 2.96. The quantitative estimate of drug-likeness (QED) is 0.814. The Kier molecular flexibility index (Phi) is 5.53. The van der Waals surface area contributed by atoms with E-state index in [4.69, 9.17) is 0 Å². The Balaban J connectivity index is 2.78. The zero-order valence-electron chi connectivity index (χ0n) is 10.4. The van der Waals surface area contributed by atoms with Gasteiger partial charge in [-0.15, -0.1) is 0 Å². The molecule has 1 aromatic carbocycles. The van der Waals surface area contributed by atoms with Gasteiger partial charge in [-0.25, -0.2) is 8.78 Å². The molecule has 0 spiro atoms. The molecule has 4 heteroatoms. The SMILES string of the molecule is CNC(CCc1c(F)ccc(Br)c1F)C(C)C. The van der Waals surface area contributed by atoms with Crippen molar-refractivity contribution < 1.29 is 8.78 Å². The van der Waals surface area contributed by atoms with Crippen LogP contribution in [0, 0.1) is 17.6 Å². The summed E-state index contributed by atoms with van der Waals surface area (Å²) in [6.07, 6.45) is 1.12. The lowest BCUT2D eigenvalue weighted by Crippen LogP contribution is -2.31. The number of nitrogens with one attached hydrogen (secondary N) is 1. The smallest absolute Gasteiger partial charge is 0.143 e. The van der Waals surface area contributed by atoms with Crippen LogP contribution in [0.5, 0.6) is 0 Å². The molecule has 0 aliphatic rings. The highest BCUT2D eigenvalue weighted by molar-refractivity contribution is 9.10. The van der Waals surface area contributed by atoms with Gasteiger partial charge >= 0.3 is 0 Å². The molecule has 0 saturated carbocycles. The van der Waals surface area contributed by atoms with Crippen molar-refractivity contribution in [1.29, 1.82) is 0 Å². The minimum absolute atomic E-state index is 0.167. The summed E-state index contributed by atoms with van der Waals surface area (Å²) in [4.78, 5) is 0. The maximum atomic E-state index is 13.7. The number of benzene rings is 1. The average Bonchev–Trinajstić information content (AvgIpc) is 2.28. The first kappa shape index (κ1) is 14.6. The summed E-state index contributed by atoms with van der Waals surface area (Å²) >= 11 is 3.08. The van der Waals surface area contributed by atoms with Crippen LogP contribution in [0.25, 0.3) is 0 Å². The predicted octanol–water partition coefficient (Wildman–Crippen LogP) is 3.90. The van der Waals surface area contributed by atoms with E-state index in [2.05, 4.69) is 35.1 Å². The second kappa shape index (κ2) is 6.45. The van der Waals surface area contributed by atoms with Gasteiger partial charge in [0, 0.05) is 11.6 Å². The van der Waals surface area contributed by atoms with Crippen molar-refractivity contribution in [3.63, 3.8) is 0 Å². The Morgan fingerprint density at radius 1 is 1.29 bits per heavy atom. The molecule has 0 aromatic heterocycles. The molecule has 0 aliphatic carbocycles. The second-order valence-corrected chi connectivity index (χ2v) is 5.35. The normalized spacial score (nSPS) is 13.1. The third-order valence-electron chi connectivity index (χ3n) is 3.02. The van der Waals surface area contributed by atoms with Crippen LogP contribution in [0.15, 0.2) is 16.6 Å². The molecule has 1 aromatic rings. The summed E-state index contributed by atoms with van der Waals surface area (Å²) in [5.41, 5.74) is 0.167. The number of hydrogen-bond donors (Lipinski definition) is 1. The molecular formula is C13H18BrF2N. The van der Waals surface area contributed by atoms with Crippen LogP contribution < -0.4 is 5.32 Å². The third-order valence-corrected chi connectivity index (χ3v) is 3.63. The molecule has 1 rings (SSSR count). The fourth-order valence-corrected chi connectivity index (χ4v) is 2.28. The fraction of sp³-hybridized carbons (Fsp3) is 0.538. The van der Waals surface area contributed by atoms with Gasteiger partial charge in [0.1, 0.15) is 11.6 Å². The van der Waals surface area contributed by atoms with E-state index in [1.807, 2.05) is 7.05 Å². The first-order valence-electron chi connectivity index (χ1n) is 5.77. The lowest BCUT2D eigenvalue weighted by molar-refractivity contribution is 0.397. The minimum atomic E-state index is -0.483. The van der Waals surface area contributed by atoms with Gasteiger partial charge in [-0.3, -0.25) is 0 Å². The Morgan fingerprint density at radius 2 is 1.94 bits per heavy atom. The zero-order chi connectivity index (χ0) is 13.0. The monoisotopic (exact) mass is 305 g/mol. The number of rotatable bonds is 5. The van der Waals surface area contributed by atoms with E-state index in [0.29, 0.717) is 16.8 Å². The van der Waals surface area contributed by atoms with Crippen LogP contribution >= 0.6 is 15.9 Å². The molecule has 0 fully saturated rings. The maximum absolute atomic E-state index is 13.7. The lowest BCUT2D eigenvalue weighted by atomic mass is 9.96. The predicted molar refractivity (Wildman–Crippen MR) is 70.1 cm³/mol. The summed E-state index contributed by atoms with van der Waals surface area (Å²) in [5, 5.41) is 3.17. The van der Waals surface area contributed by atoms with Crippen LogP contribution in [-0.4, -0.2) is 13.1 Å². The molecule has 1 N–H and O–H groups in total. The van der Waals surface area contributed by atoms with Gasteiger partial charge in [0.2, 0.25) is 0 Å². The Bertz CT molecular complexity index is 380. The highest BCUT2D eigenvalue weighted by atomic mass is 79.9. The molecule has 17 heavy (non-hydrogen) atoms. The van der Waals surface area contributed by atoms with Crippen molar-refractivity contribution in [2.75, 3.05) is 7.05 Å². The van der Waals surface area contributed by atoms with Gasteiger partial charge in [-0.2, -0.15) is 0 Å². The van der Waals surface area contributed by atoms with Crippen LogP contribution in [0.4, 0.5) is 8.78 Å². The molecule has 0 heterocycles. The van der Waals surface area contributed by atoms with Crippen molar-refractivity contribution in [2.45, 2.75) is 32.7 Å². The average molecular weight is 306 g/mol. The van der Waals surface area contributed by atoms with Crippen molar-refractivity contribution in [3.05, 3.63) is 33.8 Å². The summed E-state index contributed by atoms with van der Waals surface area (Å²) in [5.74, 6) is -0.508. The molecule has 0 radical (unpaired) electrons. The van der Waals surface area contributed by atoms with Crippen molar-refractivity contribution >= 4 is 15.9 Å². The van der Waals surface area contributed by atoms with Crippen molar-refractivity contribution in [1.82, 2.24) is 5.32 Å². The third kappa shape index (κ3) is 3.75. The van der Waals surface area contributed by atoms with E-state index in [-0.39, 0.29) is 11.6 Å². The fourth-order valence-electron chi connectivity index (χ4n) is 1.91. The first-order chi connectivity index (χ1) is 7.97. The number of halogens is 3. The van der Waals surface area contributed by atoms with Crippen LogP contribution in [0.2, 0.25) is 0 Å². The zero-order valence-corrected chi connectivity index (χ0v) is 11.9. The van der Waals surface area contributed by atoms with E-state index in [0.717, 1.165) is 6.42 Å². The molecule has 0 bridgehead atoms. The van der Waals surface area contributed by atoms with Crippen LogP contribution in [0.1, 0.15) is 25.8 Å². The van der Waals surface area contributed by atoms with E-state index >= 15 is 0 Å². The van der Waals surface area contributed by atoms with E-state index in [1.165, 1.54) is 12.1 Å². The van der Waals surface area contributed by atoms with Crippen LogP contribution in [0.3, 0.4) is 0 Å². The first-order valence-corrected chi connectivity index (χ1v) is 6.56. The molecule has 0 amide bonds. The molecule has 1 nitrogen and oxygen atoms in total. The standard InChI is InChI=1S/C13H18BrF2N/c1-8(2)12(17-3)7-4-9-11(15)6-5-10(14)13(9)16/h5-6,8,12,17H,4,7H2,1-3H3. The van der Waals surface area contributed by atoms with Gasteiger partial charge in [-0.1, -0.05) is 13.8 Å². The highest BCUT2D eigenvalue weighted by Gasteiger charge is 2.16. The van der Waals surface area contributed by atoms with Crippen molar-refractivity contribution in [2.24, 2.45) is 5.92 Å². The maximum Gasteiger partial charge on any atom is 0.143 e. The van der Waals surface area contributed by atoms with Crippen molar-refractivity contribution in [3.8, 4) is 0 Å². The van der Waals surface area contributed by atoms with Gasteiger partial charge in [-0.05, 0) is 53.9 Å². The van der Waals surface area contributed by atoms with E-state index in [1.54, 1.807) is 0 Å². The largest absolute Gasteiger partial charge is 0.317 e. The topological polar surface area (TPSA) is 12.0 Å². The number of hydrogen-bond acceptors (Lipinski definition) is 1. The Labute approximate surface area is 110 Å². The lowest BCUT2D eigenvalue weighted by Gasteiger charge is -2.20. The molecule has 0 aliphatic heterocycles. The molecule has 96 valence electrons. The van der Waals surface area contributed by atoms with E-state index < -0.39 is 11.6 Å². The molecule has 0 saturated heterocycles. The summed E-state index contributed by atoms with van der Waals surface area (Å²) in [6.45, 7) is 4.18. The van der Waals surface area contributed by atoms with Gasteiger partial charge in [0.15, 0.2) is 0 Å². The highest BCUT2D eigenvalue weighted by Crippen LogP contribution is 2.23. The molecule has 1 unspecified atom stereocenters. The summed E-state index contributed by atoms with van der Waals surface area (Å²) < 4.78 is 27.5. The van der Waals surface area contributed by atoms with Gasteiger partial charge in [0.05, 0.1) is 4.47 Å². The Hall–Kier alpha value is -0.480. The minimum Gasteiger partial charge on any atom is -0.317 e. The Morgan fingerprint density at radius 3 is 2.47 bits per heavy atom. The van der Waals surface area contributed by atoms with Gasteiger partial charge in [0.25, 0.3) is 0 Å². The van der Waals surface area contributed by atoms with Gasteiger partial charge < -0.3 is 5.32 Å². The second-order valence-electron chi connectivity index (χ2n) is 4.50. The van der Waals surface area contributed by atoms with E-state index in [9.17, 15) is 8.78 Å². The molecule has 1 atom stereocenters.